The monoisotopic (exact) mass is 418 g/mol. The Kier molecular flexibility index (Phi) is 5.97. The van der Waals surface area contributed by atoms with Crippen molar-refractivity contribution in [2.45, 2.75) is 50.4 Å². The average molecular weight is 418 g/mol. The van der Waals surface area contributed by atoms with Gasteiger partial charge in [0.2, 0.25) is 11.8 Å². The zero-order chi connectivity index (χ0) is 21.3. The van der Waals surface area contributed by atoms with Crippen LogP contribution in [0.3, 0.4) is 0 Å². The van der Waals surface area contributed by atoms with E-state index < -0.39 is 35.6 Å². The third-order valence-electron chi connectivity index (χ3n) is 6.56. The number of aliphatic hydroxyl groups is 1. The molecule has 164 valence electrons. The molecule has 0 aromatic heterocycles. The fourth-order valence-electron chi connectivity index (χ4n) is 5.20. The molecule has 2 saturated heterocycles. The summed E-state index contributed by atoms with van der Waals surface area (Å²) in [6.07, 6.45) is 10.1. The standard InChI is InChI=1S/C22H30N2O6/c1-2-3-10-23-11-7-9-22-17(19(26)24(12-13-25)18(22)20(23)27)16-15(30-22)8-5-4-6-14-29-21(16)28/h5,7-9,15-18,25H,2-4,6,10-14H2,1H3/b8-5-/t15-,16+,17+,18?,22+/m1/s1. The first-order valence-corrected chi connectivity index (χ1v) is 10.9. The summed E-state index contributed by atoms with van der Waals surface area (Å²) in [4.78, 5) is 43.1. The van der Waals surface area contributed by atoms with Crippen molar-refractivity contribution in [3.63, 3.8) is 0 Å². The number of cyclic esters (lactones) is 1. The van der Waals surface area contributed by atoms with Crippen LogP contribution in [0, 0.1) is 11.8 Å². The van der Waals surface area contributed by atoms with Crippen LogP contribution in [0.5, 0.6) is 0 Å². The van der Waals surface area contributed by atoms with Crippen molar-refractivity contribution in [2.24, 2.45) is 11.8 Å². The van der Waals surface area contributed by atoms with E-state index in [0.717, 1.165) is 25.7 Å². The lowest BCUT2D eigenvalue weighted by molar-refractivity contribution is -0.155. The summed E-state index contributed by atoms with van der Waals surface area (Å²) in [5.74, 6) is -2.64. The molecule has 8 nitrogen and oxygen atoms in total. The van der Waals surface area contributed by atoms with E-state index in [1.165, 1.54) is 4.90 Å². The number of amides is 2. The number of likely N-dealkylation sites (tertiary alicyclic amines) is 1. The van der Waals surface area contributed by atoms with Crippen LogP contribution in [0.1, 0.15) is 32.6 Å². The summed E-state index contributed by atoms with van der Waals surface area (Å²) in [6.45, 7) is 3.13. The van der Waals surface area contributed by atoms with Crippen LogP contribution >= 0.6 is 0 Å². The SMILES string of the molecule is CCCCN1CC=C[C@]23O[C@@H]4/C=C\CCCOC(=O)[C@@H]4[C@H]2C(=O)N(CCO)C3C1=O. The van der Waals surface area contributed by atoms with E-state index >= 15 is 0 Å². The summed E-state index contributed by atoms with van der Waals surface area (Å²) < 4.78 is 11.9. The Bertz CT molecular complexity index is 765. The van der Waals surface area contributed by atoms with Crippen LogP contribution in [-0.2, 0) is 23.9 Å². The van der Waals surface area contributed by atoms with Crippen molar-refractivity contribution in [3.05, 3.63) is 24.3 Å². The number of fused-ring (bicyclic) bond motifs is 2. The maximum atomic E-state index is 13.6. The van der Waals surface area contributed by atoms with Crippen LogP contribution in [0.2, 0.25) is 0 Å². The third kappa shape index (κ3) is 3.26. The van der Waals surface area contributed by atoms with Gasteiger partial charge in [0, 0.05) is 19.6 Å². The predicted octanol–water partition coefficient (Wildman–Crippen LogP) is 0.651. The minimum atomic E-state index is -1.23. The van der Waals surface area contributed by atoms with E-state index in [4.69, 9.17) is 9.47 Å². The second-order valence-corrected chi connectivity index (χ2v) is 8.38. The van der Waals surface area contributed by atoms with Gasteiger partial charge >= 0.3 is 5.97 Å². The molecule has 0 aliphatic carbocycles. The van der Waals surface area contributed by atoms with Crippen molar-refractivity contribution in [1.82, 2.24) is 9.80 Å². The smallest absolute Gasteiger partial charge is 0.312 e. The number of hydrogen-bond acceptors (Lipinski definition) is 6. The number of ether oxygens (including phenoxy) is 2. The average Bonchev–Trinajstić information content (AvgIpc) is 3.13. The Morgan fingerprint density at radius 2 is 2.03 bits per heavy atom. The molecule has 4 rings (SSSR count). The summed E-state index contributed by atoms with van der Waals surface area (Å²) >= 11 is 0. The van der Waals surface area contributed by atoms with Crippen LogP contribution < -0.4 is 0 Å². The topological polar surface area (TPSA) is 96.4 Å². The van der Waals surface area contributed by atoms with Gasteiger partial charge in [-0.3, -0.25) is 14.4 Å². The molecule has 0 aromatic rings. The molecule has 0 saturated carbocycles. The van der Waals surface area contributed by atoms with Crippen LogP contribution in [0.15, 0.2) is 24.3 Å². The van der Waals surface area contributed by atoms with E-state index in [1.54, 1.807) is 11.0 Å². The molecule has 4 aliphatic rings. The van der Waals surface area contributed by atoms with Gasteiger partial charge in [0.1, 0.15) is 17.6 Å². The summed E-state index contributed by atoms with van der Waals surface area (Å²) in [7, 11) is 0. The number of carbonyl (C=O) groups excluding carboxylic acids is 3. The number of rotatable bonds is 5. The second-order valence-electron chi connectivity index (χ2n) is 8.38. The lowest BCUT2D eigenvalue weighted by Gasteiger charge is -2.35. The number of carbonyl (C=O) groups is 3. The molecule has 5 atom stereocenters. The van der Waals surface area contributed by atoms with E-state index in [2.05, 4.69) is 6.92 Å². The summed E-state index contributed by atoms with van der Waals surface area (Å²) in [5.41, 5.74) is -1.23. The molecule has 1 spiro atoms. The van der Waals surface area contributed by atoms with Crippen LogP contribution in [0.25, 0.3) is 0 Å². The minimum absolute atomic E-state index is 0.0224. The number of allylic oxidation sites excluding steroid dienone is 1. The first-order valence-electron chi connectivity index (χ1n) is 10.9. The maximum absolute atomic E-state index is 13.6. The molecule has 1 unspecified atom stereocenters. The van der Waals surface area contributed by atoms with Crippen molar-refractivity contribution < 1.29 is 29.0 Å². The van der Waals surface area contributed by atoms with Crippen molar-refractivity contribution in [2.75, 3.05) is 32.8 Å². The highest BCUT2D eigenvalue weighted by Crippen LogP contribution is 2.52. The molecule has 4 heterocycles. The van der Waals surface area contributed by atoms with E-state index in [-0.39, 0.29) is 25.0 Å². The Balaban J connectivity index is 1.78. The predicted molar refractivity (Wildman–Crippen MR) is 107 cm³/mol. The fraction of sp³-hybridized carbons (Fsp3) is 0.682. The number of hydrogen-bond donors (Lipinski definition) is 1. The first kappa shape index (κ1) is 21.1. The van der Waals surface area contributed by atoms with Crippen molar-refractivity contribution in [1.29, 1.82) is 0 Å². The molecule has 30 heavy (non-hydrogen) atoms. The van der Waals surface area contributed by atoms with E-state index in [9.17, 15) is 19.5 Å². The van der Waals surface area contributed by atoms with E-state index in [1.807, 2.05) is 18.2 Å². The second kappa shape index (κ2) is 8.51. The molecular formula is C22H30N2O6. The zero-order valence-corrected chi connectivity index (χ0v) is 17.4. The zero-order valence-electron chi connectivity index (χ0n) is 17.4. The van der Waals surface area contributed by atoms with Gasteiger partial charge in [-0.15, -0.1) is 0 Å². The minimum Gasteiger partial charge on any atom is -0.465 e. The molecule has 0 aromatic carbocycles. The van der Waals surface area contributed by atoms with Gasteiger partial charge in [-0.1, -0.05) is 37.6 Å². The highest BCUT2D eigenvalue weighted by molar-refractivity contribution is 5.99. The van der Waals surface area contributed by atoms with Crippen molar-refractivity contribution in [3.8, 4) is 0 Å². The lowest BCUT2D eigenvalue weighted by atomic mass is 9.78. The molecule has 2 amide bonds. The van der Waals surface area contributed by atoms with Gasteiger partial charge in [-0.05, 0) is 19.3 Å². The summed E-state index contributed by atoms with van der Waals surface area (Å²) in [5, 5.41) is 9.58. The maximum Gasteiger partial charge on any atom is 0.312 e. The molecular weight excluding hydrogens is 388 g/mol. The number of unbranched alkanes of at least 4 members (excludes halogenated alkanes) is 1. The van der Waals surface area contributed by atoms with Crippen LogP contribution in [-0.4, -0.2) is 83.3 Å². The van der Waals surface area contributed by atoms with E-state index in [0.29, 0.717) is 19.7 Å². The third-order valence-corrected chi connectivity index (χ3v) is 6.56. The Hall–Kier alpha value is -2.19. The highest BCUT2D eigenvalue weighted by Gasteiger charge is 2.71. The van der Waals surface area contributed by atoms with Gasteiger partial charge in [0.05, 0.1) is 25.2 Å². The fourth-order valence-corrected chi connectivity index (χ4v) is 5.20. The van der Waals surface area contributed by atoms with Crippen molar-refractivity contribution >= 4 is 17.8 Å². The van der Waals surface area contributed by atoms with Gasteiger partial charge in [0.25, 0.3) is 0 Å². The molecule has 4 aliphatic heterocycles. The number of esters is 1. The molecule has 8 heteroatoms. The Morgan fingerprint density at radius 3 is 2.80 bits per heavy atom. The molecule has 2 fully saturated rings. The van der Waals surface area contributed by atoms with Gasteiger partial charge < -0.3 is 24.4 Å². The molecule has 0 radical (unpaired) electrons. The normalized spacial score (nSPS) is 36.9. The quantitative estimate of drug-likeness (QED) is 0.520. The Morgan fingerprint density at radius 1 is 1.20 bits per heavy atom. The first-order chi connectivity index (χ1) is 14.5. The largest absolute Gasteiger partial charge is 0.465 e. The van der Waals surface area contributed by atoms with Gasteiger partial charge in [0.15, 0.2) is 0 Å². The lowest BCUT2D eigenvalue weighted by Crippen LogP contribution is -2.55. The molecule has 1 N–H and O–H groups in total. The molecule has 0 bridgehead atoms. The van der Waals surface area contributed by atoms with Gasteiger partial charge in [-0.2, -0.15) is 0 Å². The highest BCUT2D eigenvalue weighted by atomic mass is 16.6. The number of aliphatic hydroxyl groups excluding tert-OH is 1. The van der Waals surface area contributed by atoms with Crippen LogP contribution in [0.4, 0.5) is 0 Å². The van der Waals surface area contributed by atoms with Gasteiger partial charge in [-0.25, -0.2) is 0 Å². The summed E-state index contributed by atoms with van der Waals surface area (Å²) in [6, 6.07) is -0.894. The number of nitrogens with zero attached hydrogens (tertiary/aromatic N) is 2. The number of β-amino-alcohol motifs (C(OH)–C–C–N with tert-alkyl or cyclic N) is 1. The Labute approximate surface area is 176 Å².